The minimum absolute atomic E-state index is 0. The summed E-state index contributed by atoms with van der Waals surface area (Å²) in [5.74, 6) is 1.51. The first-order valence-electron chi connectivity index (χ1n) is 10.5. The third-order valence-corrected chi connectivity index (χ3v) is 6.85. The lowest BCUT2D eigenvalue weighted by Crippen LogP contribution is -2.49. The average Bonchev–Trinajstić information content (AvgIpc) is 3.13. The molecule has 2 bridgehead atoms. The number of amides is 1. The summed E-state index contributed by atoms with van der Waals surface area (Å²) in [7, 11) is 0. The van der Waals surface area contributed by atoms with E-state index in [1.54, 1.807) is 0 Å². The molecule has 0 aromatic heterocycles. The predicted molar refractivity (Wildman–Crippen MR) is 119 cm³/mol. The van der Waals surface area contributed by atoms with E-state index < -0.39 is 0 Å². The molecule has 158 valence electrons. The molecule has 2 unspecified atom stereocenters. The Hall–Kier alpha value is -0.810. The maximum atomic E-state index is 12.7. The van der Waals surface area contributed by atoms with Crippen molar-refractivity contribution in [3.8, 4) is 0 Å². The fraction of sp³-hybridized carbons (Fsp3) is 0.682. The van der Waals surface area contributed by atoms with Gasteiger partial charge in [0.25, 0.3) is 0 Å². The zero-order valence-corrected chi connectivity index (χ0v) is 18.3. The van der Waals surface area contributed by atoms with Gasteiger partial charge in [0.05, 0.1) is 0 Å². The number of nitrogens with two attached hydrogens (primary N) is 1. The molecule has 2 saturated carbocycles. The van der Waals surface area contributed by atoms with Crippen molar-refractivity contribution in [3.05, 3.63) is 35.4 Å². The molecule has 1 aromatic carbocycles. The van der Waals surface area contributed by atoms with Crippen LogP contribution in [0.1, 0.15) is 56.1 Å². The number of halogens is 2. The lowest BCUT2D eigenvalue weighted by Gasteiger charge is -2.43. The van der Waals surface area contributed by atoms with E-state index in [1.165, 1.54) is 56.3 Å². The van der Waals surface area contributed by atoms with Gasteiger partial charge in [-0.25, -0.2) is 0 Å². The van der Waals surface area contributed by atoms with Crippen LogP contribution < -0.4 is 11.1 Å². The molecule has 6 heteroatoms. The molecule has 0 radical (unpaired) electrons. The highest BCUT2D eigenvalue weighted by atomic mass is 35.5. The number of rotatable bonds is 5. The van der Waals surface area contributed by atoms with Gasteiger partial charge in [0.2, 0.25) is 5.91 Å². The van der Waals surface area contributed by atoms with Gasteiger partial charge in [-0.1, -0.05) is 30.7 Å². The topological polar surface area (TPSA) is 58.4 Å². The molecule has 1 amide bonds. The summed E-state index contributed by atoms with van der Waals surface area (Å²) in [5, 5.41) is 3.20. The predicted octanol–water partition coefficient (Wildman–Crippen LogP) is 3.90. The van der Waals surface area contributed by atoms with E-state index in [-0.39, 0.29) is 36.6 Å². The maximum Gasteiger partial charge on any atom is 0.223 e. The van der Waals surface area contributed by atoms with Gasteiger partial charge >= 0.3 is 0 Å². The van der Waals surface area contributed by atoms with Crippen molar-refractivity contribution >= 4 is 30.7 Å². The Morgan fingerprint density at radius 2 is 1.68 bits per heavy atom. The minimum Gasteiger partial charge on any atom is -0.352 e. The number of carbonyl (C=O) groups is 1. The Morgan fingerprint density at radius 1 is 1.04 bits per heavy atom. The molecule has 28 heavy (non-hydrogen) atoms. The largest absolute Gasteiger partial charge is 0.352 e. The Morgan fingerprint density at radius 3 is 2.36 bits per heavy atom. The molecule has 3 N–H and O–H groups in total. The van der Waals surface area contributed by atoms with E-state index >= 15 is 0 Å². The summed E-state index contributed by atoms with van der Waals surface area (Å²) < 4.78 is 0. The Bertz CT molecular complexity index is 622. The summed E-state index contributed by atoms with van der Waals surface area (Å²) >= 11 is 0. The van der Waals surface area contributed by atoms with Crippen molar-refractivity contribution in [1.29, 1.82) is 0 Å². The van der Waals surface area contributed by atoms with Gasteiger partial charge in [-0.2, -0.15) is 0 Å². The van der Waals surface area contributed by atoms with Gasteiger partial charge in [-0.15, -0.1) is 24.8 Å². The molecule has 1 heterocycles. The molecule has 0 spiro atoms. The van der Waals surface area contributed by atoms with Crippen molar-refractivity contribution in [2.24, 2.45) is 23.5 Å². The van der Waals surface area contributed by atoms with Gasteiger partial charge < -0.3 is 11.1 Å². The zero-order valence-electron chi connectivity index (χ0n) is 16.6. The third-order valence-electron chi connectivity index (χ3n) is 6.85. The standard InChI is InChI=1S/C22H33N3O.2ClH/c23-21-18-7-4-8-19(21)13-20(12-18)22(26)24-14-16-5-3-6-17(11-16)15-25-9-1-2-10-25;;/h3,5-6,11,18-21H,1-2,4,7-10,12-15,23H2,(H,24,26);2*1H. The first kappa shape index (κ1) is 23.5. The van der Waals surface area contributed by atoms with Crippen LogP contribution in [0.2, 0.25) is 0 Å². The minimum atomic E-state index is 0. The van der Waals surface area contributed by atoms with Gasteiger partial charge in [-0.3, -0.25) is 9.69 Å². The van der Waals surface area contributed by atoms with Crippen LogP contribution in [0.25, 0.3) is 0 Å². The number of hydrogen-bond acceptors (Lipinski definition) is 3. The van der Waals surface area contributed by atoms with E-state index in [1.807, 2.05) is 0 Å². The number of nitrogens with zero attached hydrogens (tertiary/aromatic N) is 1. The summed E-state index contributed by atoms with van der Waals surface area (Å²) in [6.45, 7) is 4.11. The highest BCUT2D eigenvalue weighted by Crippen LogP contribution is 2.41. The molecular weight excluding hydrogens is 393 g/mol. The Kier molecular flexibility index (Phi) is 9.07. The van der Waals surface area contributed by atoms with Gasteiger partial charge in [0.15, 0.2) is 0 Å². The lowest BCUT2D eigenvalue weighted by atomic mass is 9.65. The molecule has 1 aliphatic heterocycles. The number of likely N-dealkylation sites (tertiary alicyclic amines) is 1. The van der Waals surface area contributed by atoms with Crippen LogP contribution in [-0.4, -0.2) is 29.9 Å². The number of carbonyl (C=O) groups excluding carboxylic acids is 1. The second-order valence-corrected chi connectivity index (χ2v) is 8.72. The summed E-state index contributed by atoms with van der Waals surface area (Å²) in [4.78, 5) is 15.2. The molecule has 1 saturated heterocycles. The van der Waals surface area contributed by atoms with E-state index in [0.29, 0.717) is 24.4 Å². The van der Waals surface area contributed by atoms with Crippen LogP contribution in [0.3, 0.4) is 0 Å². The van der Waals surface area contributed by atoms with Crippen LogP contribution in [0.4, 0.5) is 0 Å². The van der Waals surface area contributed by atoms with Crippen LogP contribution in [-0.2, 0) is 17.9 Å². The second-order valence-electron chi connectivity index (χ2n) is 8.72. The molecule has 3 fully saturated rings. The van der Waals surface area contributed by atoms with Crippen molar-refractivity contribution in [3.63, 3.8) is 0 Å². The molecule has 1 aromatic rings. The van der Waals surface area contributed by atoms with Crippen molar-refractivity contribution in [2.75, 3.05) is 13.1 Å². The molecule has 2 aliphatic carbocycles. The highest BCUT2D eigenvalue weighted by Gasteiger charge is 2.40. The number of fused-ring (bicyclic) bond motifs is 2. The maximum absolute atomic E-state index is 12.7. The van der Waals surface area contributed by atoms with E-state index in [2.05, 4.69) is 34.5 Å². The van der Waals surface area contributed by atoms with Gasteiger partial charge in [0, 0.05) is 25.0 Å². The number of hydrogen-bond donors (Lipinski definition) is 2. The monoisotopic (exact) mass is 427 g/mol. The first-order chi connectivity index (χ1) is 12.7. The second kappa shape index (κ2) is 10.8. The van der Waals surface area contributed by atoms with Crippen LogP contribution >= 0.6 is 24.8 Å². The summed E-state index contributed by atoms with van der Waals surface area (Å²) in [6.07, 6.45) is 8.32. The SMILES string of the molecule is Cl.Cl.NC1C2CCCC1CC(C(=O)NCc1cccc(CN3CCCC3)c1)C2. The smallest absolute Gasteiger partial charge is 0.223 e. The van der Waals surface area contributed by atoms with Gasteiger partial charge in [-0.05, 0) is 74.6 Å². The Balaban J connectivity index is 0.00000140. The zero-order chi connectivity index (χ0) is 17.9. The molecule has 4 nitrogen and oxygen atoms in total. The molecular formula is C22H35Cl2N3O. The van der Waals surface area contributed by atoms with Crippen LogP contribution in [0.5, 0.6) is 0 Å². The highest BCUT2D eigenvalue weighted by molar-refractivity contribution is 5.85. The fourth-order valence-corrected chi connectivity index (χ4v) is 5.37. The van der Waals surface area contributed by atoms with Crippen molar-refractivity contribution < 1.29 is 4.79 Å². The molecule has 4 rings (SSSR count). The average molecular weight is 428 g/mol. The van der Waals surface area contributed by atoms with Crippen molar-refractivity contribution in [2.45, 2.75) is 64.1 Å². The molecule has 3 aliphatic rings. The van der Waals surface area contributed by atoms with Crippen LogP contribution in [0, 0.1) is 17.8 Å². The first-order valence-corrected chi connectivity index (χ1v) is 10.5. The number of benzene rings is 1. The van der Waals surface area contributed by atoms with Gasteiger partial charge in [0.1, 0.15) is 0 Å². The summed E-state index contributed by atoms with van der Waals surface area (Å²) in [5.41, 5.74) is 8.93. The summed E-state index contributed by atoms with van der Waals surface area (Å²) in [6, 6.07) is 9.03. The fourth-order valence-electron chi connectivity index (χ4n) is 5.37. The van der Waals surface area contributed by atoms with E-state index in [0.717, 1.165) is 19.4 Å². The van der Waals surface area contributed by atoms with Crippen molar-refractivity contribution in [1.82, 2.24) is 10.2 Å². The third kappa shape index (κ3) is 5.63. The Labute approximate surface area is 181 Å². The number of nitrogens with one attached hydrogen (secondary N) is 1. The van der Waals surface area contributed by atoms with Crippen LogP contribution in [0.15, 0.2) is 24.3 Å². The normalized spacial score (nSPS) is 29.5. The quantitative estimate of drug-likeness (QED) is 0.748. The van der Waals surface area contributed by atoms with E-state index in [9.17, 15) is 4.79 Å². The van der Waals surface area contributed by atoms with E-state index in [4.69, 9.17) is 5.73 Å². The lowest BCUT2D eigenvalue weighted by molar-refractivity contribution is -0.128. The molecule has 2 atom stereocenters.